The number of likely N-dealkylation sites (tertiary alicyclic amines) is 1. The molecule has 2 aromatic carbocycles. The first-order valence-electron chi connectivity index (χ1n) is 10.6. The quantitative estimate of drug-likeness (QED) is 0.620. The highest BCUT2D eigenvalue weighted by atomic mass is 15.2. The summed E-state index contributed by atoms with van der Waals surface area (Å²) in [5.74, 6) is 0.919. The average Bonchev–Trinajstić information content (AvgIpc) is 3.21. The Morgan fingerprint density at radius 3 is 2.57 bits per heavy atom. The molecule has 0 aromatic heterocycles. The summed E-state index contributed by atoms with van der Waals surface area (Å²) in [5, 5.41) is 7.13. The van der Waals surface area contributed by atoms with E-state index >= 15 is 0 Å². The predicted molar refractivity (Wildman–Crippen MR) is 117 cm³/mol. The van der Waals surface area contributed by atoms with E-state index in [2.05, 4.69) is 69.1 Å². The van der Waals surface area contributed by atoms with E-state index in [-0.39, 0.29) is 0 Å². The summed E-state index contributed by atoms with van der Waals surface area (Å²) in [5.41, 5.74) is 5.82. The zero-order valence-electron chi connectivity index (χ0n) is 17.0. The minimum Gasteiger partial charge on any atom is -0.354 e. The fourth-order valence-corrected chi connectivity index (χ4v) is 4.39. The Kier molecular flexibility index (Phi) is 6.27. The van der Waals surface area contributed by atoms with Crippen LogP contribution in [-0.4, -0.2) is 37.0 Å². The van der Waals surface area contributed by atoms with Crippen molar-refractivity contribution in [2.24, 2.45) is 4.99 Å². The molecule has 1 aliphatic carbocycles. The minimum atomic E-state index is 0.498. The molecule has 0 bridgehead atoms. The minimum absolute atomic E-state index is 0.498. The highest BCUT2D eigenvalue weighted by Gasteiger charge is 2.20. The maximum Gasteiger partial charge on any atom is 0.191 e. The maximum absolute atomic E-state index is 4.44. The van der Waals surface area contributed by atoms with Crippen molar-refractivity contribution < 1.29 is 0 Å². The summed E-state index contributed by atoms with van der Waals surface area (Å²) < 4.78 is 0. The standard InChI is InChI=1S/C24H32N4/c1-25-24(26-17-20-10-11-21-8-5-9-22(21)16-20)27-23-12-14-28(15-13-23)18-19-6-3-2-4-7-19/h2-4,6-7,10-11,16,23H,5,8-9,12-15,17-18H2,1H3,(H2,25,26,27). The van der Waals surface area contributed by atoms with Crippen molar-refractivity contribution in [2.75, 3.05) is 20.1 Å². The average molecular weight is 377 g/mol. The fourth-order valence-electron chi connectivity index (χ4n) is 4.39. The van der Waals surface area contributed by atoms with E-state index in [1.165, 1.54) is 41.5 Å². The third kappa shape index (κ3) is 4.93. The SMILES string of the molecule is CN=C(NCc1ccc2c(c1)CCC2)NC1CCN(Cc2ccccc2)CC1. The molecule has 2 aliphatic rings. The lowest BCUT2D eigenvalue weighted by molar-refractivity contribution is 0.198. The highest BCUT2D eigenvalue weighted by Crippen LogP contribution is 2.22. The number of piperidine rings is 1. The Morgan fingerprint density at radius 2 is 1.79 bits per heavy atom. The number of hydrogen-bond donors (Lipinski definition) is 2. The van der Waals surface area contributed by atoms with Crippen molar-refractivity contribution in [3.63, 3.8) is 0 Å². The Morgan fingerprint density at radius 1 is 1.00 bits per heavy atom. The summed E-state index contributed by atoms with van der Waals surface area (Å²) in [6, 6.07) is 18.2. The molecule has 0 atom stereocenters. The second-order valence-electron chi connectivity index (χ2n) is 8.06. The zero-order valence-corrected chi connectivity index (χ0v) is 17.0. The molecule has 4 nitrogen and oxygen atoms in total. The van der Waals surface area contributed by atoms with E-state index < -0.39 is 0 Å². The Hall–Kier alpha value is -2.33. The molecule has 1 aliphatic heterocycles. The summed E-state index contributed by atoms with van der Waals surface area (Å²) in [7, 11) is 1.86. The van der Waals surface area contributed by atoms with Crippen molar-refractivity contribution in [1.82, 2.24) is 15.5 Å². The van der Waals surface area contributed by atoms with Gasteiger partial charge in [-0.3, -0.25) is 9.89 Å². The van der Waals surface area contributed by atoms with Crippen molar-refractivity contribution in [2.45, 2.75) is 51.2 Å². The lowest BCUT2D eigenvalue weighted by Gasteiger charge is -2.33. The van der Waals surface area contributed by atoms with Crippen LogP contribution in [0.2, 0.25) is 0 Å². The number of fused-ring (bicyclic) bond motifs is 1. The van der Waals surface area contributed by atoms with E-state index in [1.807, 2.05) is 7.05 Å². The molecular formula is C24H32N4. The number of nitrogens with zero attached hydrogens (tertiary/aromatic N) is 2. The van der Waals surface area contributed by atoms with Gasteiger partial charge in [0.1, 0.15) is 0 Å². The summed E-state index contributed by atoms with van der Waals surface area (Å²) in [6.45, 7) is 4.15. The van der Waals surface area contributed by atoms with Crippen LogP contribution in [0.15, 0.2) is 53.5 Å². The Balaban J connectivity index is 1.22. The molecule has 4 heteroatoms. The van der Waals surface area contributed by atoms with Crippen molar-refractivity contribution in [3.05, 3.63) is 70.8 Å². The molecule has 4 rings (SSSR count). The van der Waals surface area contributed by atoms with Gasteiger partial charge in [-0.05, 0) is 54.4 Å². The number of nitrogens with one attached hydrogen (secondary N) is 2. The maximum atomic E-state index is 4.44. The van der Waals surface area contributed by atoms with Gasteiger partial charge in [0.05, 0.1) is 0 Å². The first-order valence-corrected chi connectivity index (χ1v) is 10.6. The molecule has 0 amide bonds. The summed E-state index contributed by atoms with van der Waals surface area (Å²) in [4.78, 5) is 6.99. The van der Waals surface area contributed by atoms with Gasteiger partial charge < -0.3 is 10.6 Å². The van der Waals surface area contributed by atoms with Gasteiger partial charge in [-0.15, -0.1) is 0 Å². The van der Waals surface area contributed by atoms with Gasteiger partial charge in [-0.2, -0.15) is 0 Å². The first-order chi connectivity index (χ1) is 13.8. The monoisotopic (exact) mass is 376 g/mol. The van der Waals surface area contributed by atoms with Crippen LogP contribution in [0.5, 0.6) is 0 Å². The van der Waals surface area contributed by atoms with Gasteiger partial charge in [0, 0.05) is 39.3 Å². The number of aryl methyl sites for hydroxylation is 2. The van der Waals surface area contributed by atoms with Crippen LogP contribution in [-0.2, 0) is 25.9 Å². The molecule has 0 unspecified atom stereocenters. The molecule has 148 valence electrons. The van der Waals surface area contributed by atoms with Gasteiger partial charge in [0.25, 0.3) is 0 Å². The van der Waals surface area contributed by atoms with E-state index in [1.54, 1.807) is 0 Å². The van der Waals surface area contributed by atoms with Crippen molar-refractivity contribution in [3.8, 4) is 0 Å². The third-order valence-corrected chi connectivity index (χ3v) is 6.02. The molecule has 0 spiro atoms. The molecule has 1 fully saturated rings. The smallest absolute Gasteiger partial charge is 0.191 e. The van der Waals surface area contributed by atoms with Crippen LogP contribution in [0.4, 0.5) is 0 Å². The van der Waals surface area contributed by atoms with E-state index in [0.29, 0.717) is 6.04 Å². The van der Waals surface area contributed by atoms with E-state index in [9.17, 15) is 0 Å². The van der Waals surface area contributed by atoms with Crippen molar-refractivity contribution in [1.29, 1.82) is 0 Å². The van der Waals surface area contributed by atoms with Crippen LogP contribution in [0.25, 0.3) is 0 Å². The fraction of sp³-hybridized carbons (Fsp3) is 0.458. The van der Waals surface area contributed by atoms with Crippen LogP contribution >= 0.6 is 0 Å². The number of rotatable bonds is 5. The number of benzene rings is 2. The van der Waals surface area contributed by atoms with E-state index in [4.69, 9.17) is 0 Å². The summed E-state index contributed by atoms with van der Waals surface area (Å²) in [6.07, 6.45) is 6.10. The van der Waals surface area contributed by atoms with Gasteiger partial charge in [0.2, 0.25) is 0 Å². The normalized spacial score (nSPS) is 18.1. The number of aliphatic imine (C=N–C) groups is 1. The second kappa shape index (κ2) is 9.24. The Labute approximate surface area is 169 Å². The highest BCUT2D eigenvalue weighted by molar-refractivity contribution is 5.80. The molecule has 1 saturated heterocycles. The second-order valence-corrected chi connectivity index (χ2v) is 8.06. The van der Waals surface area contributed by atoms with Crippen molar-refractivity contribution >= 4 is 5.96 Å². The molecule has 1 heterocycles. The largest absolute Gasteiger partial charge is 0.354 e. The third-order valence-electron chi connectivity index (χ3n) is 6.02. The predicted octanol–water partition coefficient (Wildman–Crippen LogP) is 3.50. The molecule has 2 N–H and O–H groups in total. The van der Waals surface area contributed by atoms with Crippen LogP contribution in [0.1, 0.15) is 41.5 Å². The molecule has 0 saturated carbocycles. The van der Waals surface area contributed by atoms with Gasteiger partial charge in [-0.1, -0.05) is 48.5 Å². The molecule has 2 aromatic rings. The topological polar surface area (TPSA) is 39.7 Å². The van der Waals surface area contributed by atoms with Gasteiger partial charge in [0.15, 0.2) is 5.96 Å². The number of guanidine groups is 1. The zero-order chi connectivity index (χ0) is 19.2. The van der Waals surface area contributed by atoms with Gasteiger partial charge in [-0.25, -0.2) is 0 Å². The van der Waals surface area contributed by atoms with Crippen LogP contribution < -0.4 is 10.6 Å². The molecule has 0 radical (unpaired) electrons. The van der Waals surface area contributed by atoms with Gasteiger partial charge >= 0.3 is 0 Å². The number of hydrogen-bond acceptors (Lipinski definition) is 2. The summed E-state index contributed by atoms with van der Waals surface area (Å²) >= 11 is 0. The lowest BCUT2D eigenvalue weighted by Crippen LogP contribution is -2.48. The molecular weight excluding hydrogens is 344 g/mol. The molecule has 28 heavy (non-hydrogen) atoms. The lowest BCUT2D eigenvalue weighted by atomic mass is 10.0. The van der Waals surface area contributed by atoms with Crippen LogP contribution in [0, 0.1) is 0 Å². The Bertz CT molecular complexity index is 792. The van der Waals surface area contributed by atoms with E-state index in [0.717, 1.165) is 45.0 Å². The van der Waals surface area contributed by atoms with Crippen LogP contribution in [0.3, 0.4) is 0 Å². The first kappa shape index (κ1) is 19.0.